The number of aliphatic hydroxyl groups is 1. The van der Waals surface area contributed by atoms with E-state index in [1.165, 1.54) is 11.8 Å². The van der Waals surface area contributed by atoms with Gasteiger partial charge in [0.2, 0.25) is 5.91 Å². The summed E-state index contributed by atoms with van der Waals surface area (Å²) in [5, 5.41) is 8.92. The molecule has 1 aromatic rings. The fraction of sp³-hybridized carbons (Fsp3) is 0.364. The summed E-state index contributed by atoms with van der Waals surface area (Å²) >= 11 is 1.45. The van der Waals surface area contributed by atoms with Crippen LogP contribution in [0.2, 0.25) is 0 Å². The normalized spacial score (nSPS) is 12.4. The molecule has 5 heteroatoms. The molecule has 0 radical (unpaired) electrons. The lowest BCUT2D eigenvalue weighted by Crippen LogP contribution is -2.13. The SMILES string of the molecule is CC(CO)CSc1c(N)cccc1C(N)=O. The highest BCUT2D eigenvalue weighted by Crippen LogP contribution is 2.30. The smallest absolute Gasteiger partial charge is 0.249 e. The zero-order valence-electron chi connectivity index (χ0n) is 9.14. The number of rotatable bonds is 5. The molecule has 1 unspecified atom stereocenters. The fourth-order valence-corrected chi connectivity index (χ4v) is 2.30. The number of hydrogen-bond acceptors (Lipinski definition) is 4. The number of amides is 1. The van der Waals surface area contributed by atoms with Gasteiger partial charge < -0.3 is 16.6 Å². The first kappa shape index (κ1) is 12.9. The third-order valence-corrected chi connectivity index (χ3v) is 3.61. The minimum atomic E-state index is -0.480. The molecule has 0 heterocycles. The van der Waals surface area contributed by atoms with Gasteiger partial charge in [-0.05, 0) is 18.1 Å². The molecule has 4 nitrogen and oxygen atoms in total. The van der Waals surface area contributed by atoms with Crippen molar-refractivity contribution in [1.29, 1.82) is 0 Å². The van der Waals surface area contributed by atoms with E-state index in [2.05, 4.69) is 0 Å². The molecular weight excluding hydrogens is 224 g/mol. The molecule has 0 fully saturated rings. The van der Waals surface area contributed by atoms with Gasteiger partial charge >= 0.3 is 0 Å². The fourth-order valence-electron chi connectivity index (χ4n) is 1.19. The maximum absolute atomic E-state index is 11.2. The zero-order chi connectivity index (χ0) is 12.1. The maximum atomic E-state index is 11.2. The standard InChI is InChI=1S/C11H16N2O2S/c1-7(5-14)6-16-10-8(11(13)15)3-2-4-9(10)12/h2-4,7,14H,5-6,12H2,1H3,(H2,13,15). The topological polar surface area (TPSA) is 89.3 Å². The number of nitrogens with two attached hydrogens (primary N) is 2. The Balaban J connectivity index is 2.88. The minimum absolute atomic E-state index is 0.117. The minimum Gasteiger partial charge on any atom is -0.398 e. The first-order valence-electron chi connectivity index (χ1n) is 4.98. The van der Waals surface area contributed by atoms with E-state index in [-0.39, 0.29) is 12.5 Å². The van der Waals surface area contributed by atoms with Crippen molar-refractivity contribution >= 4 is 23.4 Å². The quantitative estimate of drug-likeness (QED) is 0.531. The summed E-state index contributed by atoms with van der Waals surface area (Å²) in [6.07, 6.45) is 0. The van der Waals surface area contributed by atoms with Crippen LogP contribution in [0, 0.1) is 5.92 Å². The molecule has 1 atom stereocenters. The molecule has 0 aliphatic carbocycles. The van der Waals surface area contributed by atoms with Gasteiger partial charge in [-0.25, -0.2) is 0 Å². The Morgan fingerprint density at radius 3 is 2.81 bits per heavy atom. The number of carbonyl (C=O) groups is 1. The van der Waals surface area contributed by atoms with Crippen LogP contribution in [0.4, 0.5) is 5.69 Å². The number of hydrogen-bond donors (Lipinski definition) is 3. The van der Waals surface area contributed by atoms with E-state index >= 15 is 0 Å². The van der Waals surface area contributed by atoms with Crippen LogP contribution in [0.15, 0.2) is 23.1 Å². The zero-order valence-corrected chi connectivity index (χ0v) is 9.96. The lowest BCUT2D eigenvalue weighted by atomic mass is 10.2. The van der Waals surface area contributed by atoms with E-state index in [1.54, 1.807) is 18.2 Å². The van der Waals surface area contributed by atoms with Gasteiger partial charge in [0.25, 0.3) is 0 Å². The third-order valence-electron chi connectivity index (χ3n) is 2.13. The number of thioether (sulfide) groups is 1. The third kappa shape index (κ3) is 3.15. The van der Waals surface area contributed by atoms with E-state index in [4.69, 9.17) is 16.6 Å². The summed E-state index contributed by atoms with van der Waals surface area (Å²) in [5.41, 5.74) is 12.0. The summed E-state index contributed by atoms with van der Waals surface area (Å²) in [7, 11) is 0. The van der Waals surface area contributed by atoms with Crippen LogP contribution in [0.25, 0.3) is 0 Å². The van der Waals surface area contributed by atoms with Crippen LogP contribution in [-0.4, -0.2) is 23.4 Å². The van der Waals surface area contributed by atoms with Gasteiger partial charge in [-0.2, -0.15) is 0 Å². The van der Waals surface area contributed by atoms with E-state index in [0.29, 0.717) is 21.9 Å². The average molecular weight is 240 g/mol. The Hall–Kier alpha value is -1.20. The lowest BCUT2D eigenvalue weighted by molar-refractivity contribution is 0.0997. The summed E-state index contributed by atoms with van der Waals surface area (Å²) in [6, 6.07) is 5.10. The lowest BCUT2D eigenvalue weighted by Gasteiger charge is -2.11. The number of nitrogen functional groups attached to an aromatic ring is 1. The van der Waals surface area contributed by atoms with E-state index in [9.17, 15) is 4.79 Å². The molecule has 1 aromatic carbocycles. The number of benzene rings is 1. The largest absolute Gasteiger partial charge is 0.398 e. The van der Waals surface area contributed by atoms with Crippen LogP contribution in [0.3, 0.4) is 0 Å². The second-order valence-corrected chi connectivity index (χ2v) is 4.72. The van der Waals surface area contributed by atoms with Gasteiger partial charge in [0.05, 0.1) is 5.56 Å². The van der Waals surface area contributed by atoms with Gasteiger partial charge in [-0.1, -0.05) is 13.0 Å². The Morgan fingerprint density at radius 2 is 2.25 bits per heavy atom. The first-order valence-corrected chi connectivity index (χ1v) is 5.96. The number of anilines is 1. The van der Waals surface area contributed by atoms with Crippen molar-refractivity contribution < 1.29 is 9.90 Å². The van der Waals surface area contributed by atoms with Crippen LogP contribution < -0.4 is 11.5 Å². The first-order chi connectivity index (χ1) is 7.56. The van der Waals surface area contributed by atoms with Crippen molar-refractivity contribution in [2.24, 2.45) is 11.7 Å². The molecule has 0 bridgehead atoms. The highest BCUT2D eigenvalue weighted by atomic mass is 32.2. The number of primary amides is 1. The van der Waals surface area contributed by atoms with Gasteiger partial charge in [0.1, 0.15) is 0 Å². The molecule has 1 amide bonds. The van der Waals surface area contributed by atoms with Gasteiger partial charge in [-0.3, -0.25) is 4.79 Å². The second kappa shape index (κ2) is 5.77. The molecule has 0 saturated carbocycles. The molecular formula is C11H16N2O2S. The van der Waals surface area contributed by atoms with Gasteiger partial charge in [0, 0.05) is 22.9 Å². The van der Waals surface area contributed by atoms with E-state index in [1.807, 2.05) is 6.92 Å². The van der Waals surface area contributed by atoms with E-state index < -0.39 is 5.91 Å². The number of carbonyl (C=O) groups excluding carboxylic acids is 1. The molecule has 0 saturated heterocycles. The van der Waals surface area contributed by atoms with Crippen LogP contribution in [-0.2, 0) is 0 Å². The van der Waals surface area contributed by atoms with Crippen LogP contribution >= 0.6 is 11.8 Å². The Morgan fingerprint density at radius 1 is 1.56 bits per heavy atom. The summed E-state index contributed by atoms with van der Waals surface area (Å²) in [5.74, 6) is 0.377. The van der Waals surface area contributed by atoms with Crippen LogP contribution in [0.1, 0.15) is 17.3 Å². The highest BCUT2D eigenvalue weighted by molar-refractivity contribution is 7.99. The average Bonchev–Trinajstić information content (AvgIpc) is 2.26. The molecule has 5 N–H and O–H groups in total. The Kier molecular flexibility index (Phi) is 4.64. The van der Waals surface area contributed by atoms with Crippen molar-refractivity contribution in [3.8, 4) is 0 Å². The Labute approximate surface area is 99.0 Å². The number of aliphatic hydroxyl groups excluding tert-OH is 1. The molecule has 1 rings (SSSR count). The molecule has 0 aliphatic rings. The summed E-state index contributed by atoms with van der Waals surface area (Å²) in [6.45, 7) is 2.04. The predicted molar refractivity (Wildman–Crippen MR) is 66.3 cm³/mol. The molecule has 88 valence electrons. The van der Waals surface area contributed by atoms with E-state index in [0.717, 1.165) is 0 Å². The molecule has 0 aromatic heterocycles. The van der Waals surface area contributed by atoms with Crippen molar-refractivity contribution in [2.75, 3.05) is 18.1 Å². The second-order valence-electron chi connectivity index (χ2n) is 3.69. The maximum Gasteiger partial charge on any atom is 0.249 e. The molecule has 0 aliphatic heterocycles. The summed E-state index contributed by atoms with van der Waals surface area (Å²) in [4.78, 5) is 11.9. The van der Waals surface area contributed by atoms with Gasteiger partial charge in [0.15, 0.2) is 0 Å². The molecule has 16 heavy (non-hydrogen) atoms. The highest BCUT2D eigenvalue weighted by Gasteiger charge is 2.12. The van der Waals surface area contributed by atoms with Crippen molar-refractivity contribution in [1.82, 2.24) is 0 Å². The summed E-state index contributed by atoms with van der Waals surface area (Å²) < 4.78 is 0. The monoisotopic (exact) mass is 240 g/mol. The van der Waals surface area contributed by atoms with Crippen LogP contribution in [0.5, 0.6) is 0 Å². The Bertz CT molecular complexity index is 382. The van der Waals surface area contributed by atoms with Crippen molar-refractivity contribution in [3.05, 3.63) is 23.8 Å². The van der Waals surface area contributed by atoms with Crippen molar-refractivity contribution in [3.63, 3.8) is 0 Å². The predicted octanol–water partition coefficient (Wildman–Crippen LogP) is 1.09. The van der Waals surface area contributed by atoms with Gasteiger partial charge in [-0.15, -0.1) is 11.8 Å². The molecule has 0 spiro atoms. The van der Waals surface area contributed by atoms with Crippen molar-refractivity contribution in [2.45, 2.75) is 11.8 Å².